The average molecular weight is 438 g/mol. The van der Waals surface area contributed by atoms with E-state index in [-0.39, 0.29) is 19.0 Å². The van der Waals surface area contributed by atoms with Gasteiger partial charge in [0.2, 0.25) is 5.91 Å². The summed E-state index contributed by atoms with van der Waals surface area (Å²) in [5.74, 6) is -0.635. The lowest BCUT2D eigenvalue weighted by Gasteiger charge is -2.31. The van der Waals surface area contributed by atoms with Crippen LogP contribution in [-0.4, -0.2) is 53.8 Å². The first-order chi connectivity index (χ1) is 15.5. The first kappa shape index (κ1) is 21.4. The lowest BCUT2D eigenvalue weighted by molar-refractivity contribution is -0.119. The van der Waals surface area contributed by atoms with Crippen LogP contribution in [0.3, 0.4) is 0 Å². The van der Waals surface area contributed by atoms with Crippen LogP contribution in [0.2, 0.25) is 0 Å². The van der Waals surface area contributed by atoms with Crippen LogP contribution in [0.4, 0.5) is 20.6 Å². The molecular formula is C22H23FN6O3. The molecule has 1 N–H and O–H groups in total. The minimum atomic E-state index is -0.566. The molecule has 32 heavy (non-hydrogen) atoms. The standard InChI is InChI=1S/C22H23FN6O3/c1-15(30)26-12-18-13-29(22(31)32-18)17-2-3-20(19(23)10-17)27-7-4-16(5-8-27)21(11-24)28-9-6-25-14-28/h2-3,6,9-10,14,18H,4-5,7-8,12-13H2,1H3,(H,26,30). The third-order valence-electron chi connectivity index (χ3n) is 5.61. The fourth-order valence-electron chi connectivity index (χ4n) is 3.98. The molecule has 1 aromatic heterocycles. The summed E-state index contributed by atoms with van der Waals surface area (Å²) in [6.45, 7) is 3.00. The molecule has 166 valence electrons. The van der Waals surface area contributed by atoms with Gasteiger partial charge in [-0.25, -0.2) is 14.2 Å². The van der Waals surface area contributed by atoms with E-state index in [1.807, 2.05) is 4.90 Å². The number of cyclic esters (lactones) is 1. The Balaban J connectivity index is 1.43. The van der Waals surface area contributed by atoms with Crippen molar-refractivity contribution >= 4 is 29.1 Å². The Morgan fingerprint density at radius 3 is 2.78 bits per heavy atom. The van der Waals surface area contributed by atoms with Crippen molar-refractivity contribution in [1.29, 1.82) is 5.26 Å². The van der Waals surface area contributed by atoms with Crippen LogP contribution in [0.15, 0.2) is 42.5 Å². The van der Waals surface area contributed by atoms with Crippen molar-refractivity contribution in [3.63, 3.8) is 0 Å². The minimum Gasteiger partial charge on any atom is -0.442 e. The Labute approximate surface area is 184 Å². The number of nitrogens with one attached hydrogen (secondary N) is 1. The molecule has 0 saturated carbocycles. The zero-order chi connectivity index (χ0) is 22.7. The molecule has 1 atom stereocenters. The summed E-state index contributed by atoms with van der Waals surface area (Å²) in [6.07, 6.45) is 5.20. The Morgan fingerprint density at radius 1 is 1.38 bits per heavy atom. The van der Waals surface area contributed by atoms with Gasteiger partial charge in [0.1, 0.15) is 23.7 Å². The second-order valence-corrected chi connectivity index (χ2v) is 7.71. The zero-order valence-corrected chi connectivity index (χ0v) is 17.6. The monoisotopic (exact) mass is 438 g/mol. The van der Waals surface area contributed by atoms with Crippen molar-refractivity contribution in [2.75, 3.05) is 36.0 Å². The van der Waals surface area contributed by atoms with Crippen molar-refractivity contribution in [2.24, 2.45) is 0 Å². The number of aromatic nitrogens is 2. The van der Waals surface area contributed by atoms with E-state index in [9.17, 15) is 19.2 Å². The van der Waals surface area contributed by atoms with E-state index in [2.05, 4.69) is 16.4 Å². The van der Waals surface area contributed by atoms with Gasteiger partial charge in [-0.15, -0.1) is 0 Å². The van der Waals surface area contributed by atoms with Gasteiger partial charge in [0, 0.05) is 32.4 Å². The van der Waals surface area contributed by atoms with Gasteiger partial charge >= 0.3 is 6.09 Å². The maximum absolute atomic E-state index is 15.0. The summed E-state index contributed by atoms with van der Waals surface area (Å²) >= 11 is 0. The number of carbonyl (C=O) groups is 2. The van der Waals surface area contributed by atoms with E-state index in [1.54, 1.807) is 35.4 Å². The number of imidazole rings is 1. The normalized spacial score (nSPS) is 18.3. The molecule has 2 saturated heterocycles. The number of benzene rings is 1. The molecule has 1 aromatic carbocycles. The third-order valence-corrected chi connectivity index (χ3v) is 5.61. The number of halogens is 1. The number of hydrogen-bond donors (Lipinski definition) is 1. The average Bonchev–Trinajstić information content (AvgIpc) is 3.43. The Morgan fingerprint density at radius 2 is 2.16 bits per heavy atom. The quantitative estimate of drug-likeness (QED) is 0.720. The highest BCUT2D eigenvalue weighted by molar-refractivity contribution is 5.90. The highest BCUT2D eigenvalue weighted by Gasteiger charge is 2.33. The molecule has 3 heterocycles. The maximum atomic E-state index is 15.0. The molecular weight excluding hydrogens is 415 g/mol. The summed E-state index contributed by atoms with van der Waals surface area (Å²) < 4.78 is 21.9. The molecule has 10 heteroatoms. The highest BCUT2D eigenvalue weighted by atomic mass is 19.1. The third kappa shape index (κ3) is 4.42. The fourth-order valence-corrected chi connectivity index (χ4v) is 3.98. The number of allylic oxidation sites excluding steroid dienone is 1. The summed E-state index contributed by atoms with van der Waals surface area (Å²) in [7, 11) is 0. The summed E-state index contributed by atoms with van der Waals surface area (Å²) in [5.41, 5.74) is 2.45. The van der Waals surface area contributed by atoms with Gasteiger partial charge in [0.15, 0.2) is 0 Å². The summed E-state index contributed by atoms with van der Waals surface area (Å²) in [5, 5.41) is 12.1. The second kappa shape index (κ2) is 9.09. The van der Waals surface area contributed by atoms with Gasteiger partial charge < -0.3 is 15.0 Å². The molecule has 0 aliphatic carbocycles. The molecule has 0 spiro atoms. The molecule has 4 rings (SSSR count). The molecule has 2 aliphatic heterocycles. The smallest absolute Gasteiger partial charge is 0.414 e. The minimum absolute atomic E-state index is 0.207. The van der Waals surface area contributed by atoms with Crippen LogP contribution in [0, 0.1) is 17.1 Å². The number of nitrogens with zero attached hydrogens (tertiary/aromatic N) is 5. The second-order valence-electron chi connectivity index (χ2n) is 7.71. The van der Waals surface area contributed by atoms with E-state index in [4.69, 9.17) is 4.74 Å². The number of ether oxygens (including phenoxy) is 1. The number of amides is 2. The summed E-state index contributed by atoms with van der Waals surface area (Å²) in [6, 6.07) is 6.92. The van der Waals surface area contributed by atoms with Crippen LogP contribution >= 0.6 is 0 Å². The molecule has 0 radical (unpaired) electrons. The predicted molar refractivity (Wildman–Crippen MR) is 115 cm³/mol. The van der Waals surface area contributed by atoms with E-state index in [0.29, 0.717) is 43.0 Å². The first-order valence-corrected chi connectivity index (χ1v) is 10.3. The van der Waals surface area contributed by atoms with Crippen LogP contribution in [0.1, 0.15) is 19.8 Å². The lowest BCUT2D eigenvalue weighted by atomic mass is 10.0. The Hall–Kier alpha value is -3.87. The maximum Gasteiger partial charge on any atom is 0.414 e. The van der Waals surface area contributed by atoms with Crippen molar-refractivity contribution in [3.05, 3.63) is 48.3 Å². The van der Waals surface area contributed by atoms with Crippen LogP contribution in [-0.2, 0) is 9.53 Å². The van der Waals surface area contributed by atoms with Gasteiger partial charge in [-0.2, -0.15) is 5.26 Å². The van der Waals surface area contributed by atoms with Crippen molar-refractivity contribution in [3.8, 4) is 6.07 Å². The van der Waals surface area contributed by atoms with Crippen molar-refractivity contribution in [1.82, 2.24) is 14.9 Å². The number of nitriles is 1. The number of piperidine rings is 1. The van der Waals surface area contributed by atoms with E-state index < -0.39 is 18.0 Å². The molecule has 2 aromatic rings. The first-order valence-electron chi connectivity index (χ1n) is 10.3. The summed E-state index contributed by atoms with van der Waals surface area (Å²) in [4.78, 5) is 30.5. The Kier molecular flexibility index (Phi) is 6.07. The van der Waals surface area contributed by atoms with Gasteiger partial charge in [0.25, 0.3) is 0 Å². The van der Waals surface area contributed by atoms with E-state index >= 15 is 0 Å². The topological polar surface area (TPSA) is 103 Å². The molecule has 1 unspecified atom stereocenters. The van der Waals surface area contributed by atoms with Gasteiger partial charge in [-0.3, -0.25) is 14.3 Å². The van der Waals surface area contributed by atoms with Gasteiger partial charge in [-0.05, 0) is 36.6 Å². The van der Waals surface area contributed by atoms with Crippen molar-refractivity contribution < 1.29 is 18.7 Å². The van der Waals surface area contributed by atoms with Gasteiger partial charge in [0.05, 0.1) is 30.8 Å². The van der Waals surface area contributed by atoms with Gasteiger partial charge in [-0.1, -0.05) is 0 Å². The van der Waals surface area contributed by atoms with E-state index in [1.165, 1.54) is 17.9 Å². The van der Waals surface area contributed by atoms with Crippen molar-refractivity contribution in [2.45, 2.75) is 25.9 Å². The lowest BCUT2D eigenvalue weighted by Crippen LogP contribution is -2.33. The Bertz CT molecular complexity index is 1080. The zero-order valence-electron chi connectivity index (χ0n) is 17.6. The molecule has 9 nitrogen and oxygen atoms in total. The molecule has 2 aliphatic rings. The largest absolute Gasteiger partial charge is 0.442 e. The fraction of sp³-hybridized carbons (Fsp3) is 0.364. The number of anilines is 2. The number of rotatable bonds is 5. The van der Waals surface area contributed by atoms with E-state index in [0.717, 1.165) is 5.57 Å². The molecule has 2 amide bonds. The predicted octanol–water partition coefficient (Wildman–Crippen LogP) is 2.52. The van der Waals surface area contributed by atoms with Crippen LogP contribution in [0.25, 0.3) is 5.70 Å². The number of carbonyl (C=O) groups excluding carboxylic acids is 2. The molecule has 0 bridgehead atoms. The van der Waals surface area contributed by atoms with Crippen LogP contribution in [0.5, 0.6) is 0 Å². The van der Waals surface area contributed by atoms with Crippen LogP contribution < -0.4 is 15.1 Å². The molecule has 2 fully saturated rings. The number of hydrogen-bond acceptors (Lipinski definition) is 6. The highest BCUT2D eigenvalue weighted by Crippen LogP contribution is 2.31. The SMILES string of the molecule is CC(=O)NCC1CN(c2ccc(N3CCC(=C(C#N)n4ccnc4)CC3)c(F)c2)C(=O)O1.